The minimum atomic E-state index is -0.833. The Morgan fingerprint density at radius 1 is 1.35 bits per heavy atom. The molecule has 1 aromatic carbocycles. The zero-order valence-corrected chi connectivity index (χ0v) is 9.80. The smallest absolute Gasteiger partial charge is 0.317 e. The fraction of sp³-hybridized carbons (Fsp3) is 0.357. The summed E-state index contributed by atoms with van der Waals surface area (Å²) < 4.78 is 0. The molecule has 0 aliphatic heterocycles. The first kappa shape index (κ1) is 13.3. The molecule has 0 saturated carbocycles. The van der Waals surface area contributed by atoms with Crippen LogP contribution in [-0.2, 0) is 11.2 Å². The molecule has 0 bridgehead atoms. The van der Waals surface area contributed by atoms with Gasteiger partial charge in [-0.3, -0.25) is 9.69 Å². The highest BCUT2D eigenvalue weighted by molar-refractivity contribution is 5.69. The molecule has 0 aliphatic carbocycles. The van der Waals surface area contributed by atoms with Crippen molar-refractivity contribution in [1.29, 1.82) is 0 Å². The fourth-order valence-corrected chi connectivity index (χ4v) is 1.69. The Hall–Kier alpha value is -1.79. The Balaban J connectivity index is 2.32. The van der Waals surface area contributed by atoms with E-state index in [0.29, 0.717) is 13.1 Å². The van der Waals surface area contributed by atoms with Crippen LogP contribution >= 0.6 is 0 Å². The minimum absolute atomic E-state index is 0.0129. The Morgan fingerprint density at radius 2 is 2.06 bits per heavy atom. The number of nitrogens with zero attached hydrogens (tertiary/aromatic N) is 1. The molecule has 0 fully saturated rings. The third-order valence-corrected chi connectivity index (χ3v) is 2.46. The number of aliphatic carboxylic acids is 1. The van der Waals surface area contributed by atoms with E-state index in [9.17, 15) is 4.79 Å². The molecule has 0 aliphatic rings. The molecule has 0 radical (unpaired) electrons. The molecule has 0 heterocycles. The Bertz CT molecular complexity index is 381. The van der Waals surface area contributed by atoms with Gasteiger partial charge in [-0.15, -0.1) is 6.42 Å². The van der Waals surface area contributed by atoms with Crippen LogP contribution in [0.15, 0.2) is 30.3 Å². The van der Waals surface area contributed by atoms with Crippen molar-refractivity contribution >= 4 is 5.97 Å². The second-order valence-corrected chi connectivity index (χ2v) is 3.90. The summed E-state index contributed by atoms with van der Waals surface area (Å²) in [6, 6.07) is 10.1. The van der Waals surface area contributed by atoms with E-state index in [2.05, 4.69) is 18.1 Å². The molecule has 0 spiro atoms. The first-order valence-corrected chi connectivity index (χ1v) is 5.64. The molecule has 0 aromatic heterocycles. The average Bonchev–Trinajstić information content (AvgIpc) is 2.30. The molecule has 1 aromatic rings. The number of carbonyl (C=O) groups is 1. The molecule has 0 atom stereocenters. The largest absolute Gasteiger partial charge is 0.480 e. The highest BCUT2D eigenvalue weighted by Gasteiger charge is 2.07. The van der Waals surface area contributed by atoms with Crippen LogP contribution in [0.4, 0.5) is 0 Å². The van der Waals surface area contributed by atoms with Crippen molar-refractivity contribution in [3.63, 3.8) is 0 Å². The summed E-state index contributed by atoms with van der Waals surface area (Å²) >= 11 is 0. The van der Waals surface area contributed by atoms with Gasteiger partial charge in [0.05, 0.1) is 13.1 Å². The standard InChI is InChI=1S/C14H17NO2/c1-2-10-15(12-14(16)17)11-6-9-13-7-4-3-5-8-13/h1,3-5,7-8H,6,9-12H2,(H,16,17). The van der Waals surface area contributed by atoms with Gasteiger partial charge in [-0.2, -0.15) is 0 Å². The normalized spacial score (nSPS) is 10.1. The van der Waals surface area contributed by atoms with Crippen LogP contribution in [0.2, 0.25) is 0 Å². The summed E-state index contributed by atoms with van der Waals surface area (Å²) in [6.07, 6.45) is 7.06. The maximum atomic E-state index is 10.6. The third-order valence-electron chi connectivity index (χ3n) is 2.46. The monoisotopic (exact) mass is 231 g/mol. The quantitative estimate of drug-likeness (QED) is 0.725. The summed E-state index contributed by atoms with van der Waals surface area (Å²) in [5, 5.41) is 8.72. The number of carboxylic acid groups (broad SMARTS) is 1. The highest BCUT2D eigenvalue weighted by Crippen LogP contribution is 2.03. The molecule has 1 N–H and O–H groups in total. The lowest BCUT2D eigenvalue weighted by atomic mass is 10.1. The second kappa shape index (κ2) is 7.48. The Morgan fingerprint density at radius 3 is 2.65 bits per heavy atom. The van der Waals surface area contributed by atoms with Crippen molar-refractivity contribution in [3.05, 3.63) is 35.9 Å². The molecule has 0 saturated heterocycles. The van der Waals surface area contributed by atoms with Crippen molar-refractivity contribution in [1.82, 2.24) is 4.90 Å². The van der Waals surface area contributed by atoms with Gasteiger partial charge in [0.2, 0.25) is 0 Å². The molecule has 3 heteroatoms. The van der Waals surface area contributed by atoms with Gasteiger partial charge in [0.1, 0.15) is 0 Å². The van der Waals surface area contributed by atoms with Crippen LogP contribution in [0.25, 0.3) is 0 Å². The molecule has 3 nitrogen and oxygen atoms in total. The summed E-state index contributed by atoms with van der Waals surface area (Å²) in [5.74, 6) is 1.65. The number of hydrogen-bond acceptors (Lipinski definition) is 2. The van der Waals surface area contributed by atoms with E-state index in [1.165, 1.54) is 5.56 Å². The van der Waals surface area contributed by atoms with E-state index in [-0.39, 0.29) is 6.54 Å². The number of benzene rings is 1. The van der Waals surface area contributed by atoms with Gasteiger partial charge in [-0.05, 0) is 24.9 Å². The van der Waals surface area contributed by atoms with Crippen molar-refractivity contribution in [3.8, 4) is 12.3 Å². The van der Waals surface area contributed by atoms with Crippen LogP contribution in [0.3, 0.4) is 0 Å². The van der Waals surface area contributed by atoms with Gasteiger partial charge < -0.3 is 5.11 Å². The van der Waals surface area contributed by atoms with Crippen molar-refractivity contribution in [2.45, 2.75) is 12.8 Å². The lowest BCUT2D eigenvalue weighted by molar-refractivity contribution is -0.138. The zero-order valence-electron chi connectivity index (χ0n) is 9.80. The minimum Gasteiger partial charge on any atom is -0.480 e. The van der Waals surface area contributed by atoms with Crippen LogP contribution in [0, 0.1) is 12.3 Å². The maximum absolute atomic E-state index is 10.6. The first-order valence-electron chi connectivity index (χ1n) is 5.64. The summed E-state index contributed by atoms with van der Waals surface area (Å²) in [4.78, 5) is 12.4. The Kier molecular flexibility index (Phi) is 5.84. The van der Waals surface area contributed by atoms with Crippen molar-refractivity contribution < 1.29 is 9.90 Å². The van der Waals surface area contributed by atoms with Crippen LogP contribution < -0.4 is 0 Å². The van der Waals surface area contributed by atoms with Gasteiger partial charge in [0.25, 0.3) is 0 Å². The molecule has 17 heavy (non-hydrogen) atoms. The van der Waals surface area contributed by atoms with E-state index in [0.717, 1.165) is 12.8 Å². The molecular formula is C14H17NO2. The lowest BCUT2D eigenvalue weighted by Gasteiger charge is -2.16. The highest BCUT2D eigenvalue weighted by atomic mass is 16.4. The molecule has 0 amide bonds. The topological polar surface area (TPSA) is 40.5 Å². The van der Waals surface area contributed by atoms with E-state index < -0.39 is 5.97 Å². The third kappa shape index (κ3) is 5.74. The number of terminal acetylenes is 1. The summed E-state index contributed by atoms with van der Waals surface area (Å²) in [7, 11) is 0. The van der Waals surface area contributed by atoms with Crippen LogP contribution in [-0.4, -0.2) is 35.6 Å². The van der Waals surface area contributed by atoms with Crippen molar-refractivity contribution in [2.24, 2.45) is 0 Å². The van der Waals surface area contributed by atoms with E-state index in [4.69, 9.17) is 11.5 Å². The van der Waals surface area contributed by atoms with E-state index >= 15 is 0 Å². The maximum Gasteiger partial charge on any atom is 0.317 e. The van der Waals surface area contributed by atoms with Crippen LogP contribution in [0.5, 0.6) is 0 Å². The van der Waals surface area contributed by atoms with Gasteiger partial charge in [-0.1, -0.05) is 36.3 Å². The zero-order chi connectivity index (χ0) is 12.5. The van der Waals surface area contributed by atoms with Gasteiger partial charge in [-0.25, -0.2) is 0 Å². The fourth-order valence-electron chi connectivity index (χ4n) is 1.69. The predicted molar refractivity (Wildman–Crippen MR) is 67.7 cm³/mol. The average molecular weight is 231 g/mol. The number of rotatable bonds is 7. The molecular weight excluding hydrogens is 214 g/mol. The summed E-state index contributed by atoms with van der Waals surface area (Å²) in [5.41, 5.74) is 1.27. The number of hydrogen-bond donors (Lipinski definition) is 1. The number of aryl methyl sites for hydroxylation is 1. The van der Waals surface area contributed by atoms with E-state index in [1.807, 2.05) is 18.2 Å². The SMILES string of the molecule is C#CCN(CCCc1ccccc1)CC(=O)O. The van der Waals surface area contributed by atoms with Gasteiger partial charge >= 0.3 is 5.97 Å². The predicted octanol–water partition coefficient (Wildman–Crippen LogP) is 1.64. The van der Waals surface area contributed by atoms with E-state index in [1.54, 1.807) is 4.90 Å². The number of carboxylic acids is 1. The Labute approximate surface area is 102 Å². The second-order valence-electron chi connectivity index (χ2n) is 3.90. The molecule has 90 valence electrons. The van der Waals surface area contributed by atoms with Crippen molar-refractivity contribution in [2.75, 3.05) is 19.6 Å². The van der Waals surface area contributed by atoms with Crippen LogP contribution in [0.1, 0.15) is 12.0 Å². The summed E-state index contributed by atoms with van der Waals surface area (Å²) in [6.45, 7) is 1.12. The molecule has 1 rings (SSSR count). The first-order chi connectivity index (χ1) is 8.22. The lowest BCUT2D eigenvalue weighted by Crippen LogP contribution is -2.31. The van der Waals surface area contributed by atoms with Gasteiger partial charge in [0.15, 0.2) is 0 Å². The molecule has 0 unspecified atom stereocenters. The van der Waals surface area contributed by atoms with Gasteiger partial charge in [0, 0.05) is 0 Å².